The van der Waals surface area contributed by atoms with Crippen LogP contribution in [0.15, 0.2) is 160 Å². The van der Waals surface area contributed by atoms with E-state index >= 15 is 0 Å². The van der Waals surface area contributed by atoms with Gasteiger partial charge < -0.3 is 18.6 Å². The minimum atomic E-state index is 0.433. The molecule has 11 rings (SSSR count). The van der Waals surface area contributed by atoms with Gasteiger partial charge >= 0.3 is 0 Å². The van der Waals surface area contributed by atoms with Gasteiger partial charge in [0.15, 0.2) is 0 Å². The van der Waals surface area contributed by atoms with Crippen LogP contribution in [-0.4, -0.2) is 0 Å². The van der Waals surface area contributed by atoms with Crippen molar-refractivity contribution in [3.63, 3.8) is 0 Å². The fourth-order valence-corrected chi connectivity index (χ4v) is 9.74. The van der Waals surface area contributed by atoms with E-state index in [0.717, 1.165) is 77.0 Å². The summed E-state index contributed by atoms with van der Waals surface area (Å²) in [5.74, 6) is 0. The van der Waals surface area contributed by atoms with Crippen LogP contribution in [0.2, 0.25) is 0 Å². The SMILES string of the molecule is [C-]#[N+]c1cc2oc3cc4cc(N(c5ccccc5C)c5c(C)cccc5C)ccc4cc3c2c2c1oc1cc3cc(N(c4ccccc4C)c4c(C)cccc4C)ccc3cc12. The van der Waals surface area contributed by atoms with Crippen molar-refractivity contribution >= 4 is 105 Å². The van der Waals surface area contributed by atoms with Crippen LogP contribution in [0, 0.1) is 48.1 Å². The van der Waals surface area contributed by atoms with E-state index in [-0.39, 0.29) is 0 Å². The highest BCUT2D eigenvalue weighted by molar-refractivity contribution is 6.30. The van der Waals surface area contributed by atoms with Gasteiger partial charge in [-0.15, -0.1) is 0 Å². The lowest BCUT2D eigenvalue weighted by Crippen LogP contribution is -2.14. The van der Waals surface area contributed by atoms with Crippen molar-refractivity contribution in [2.45, 2.75) is 41.5 Å². The quantitative estimate of drug-likeness (QED) is 0.157. The van der Waals surface area contributed by atoms with Crippen LogP contribution in [0.5, 0.6) is 0 Å². The van der Waals surface area contributed by atoms with Gasteiger partial charge in [0.25, 0.3) is 0 Å². The lowest BCUT2D eigenvalue weighted by molar-refractivity contribution is 0.665. The van der Waals surface area contributed by atoms with Gasteiger partial charge in [-0.05, 0) is 163 Å². The first kappa shape index (κ1) is 37.2. The normalized spacial score (nSPS) is 11.7. The monoisotopic (exact) mass is 801 g/mol. The van der Waals surface area contributed by atoms with Crippen molar-refractivity contribution in [3.8, 4) is 0 Å². The van der Waals surface area contributed by atoms with Crippen LogP contribution < -0.4 is 9.80 Å². The summed E-state index contributed by atoms with van der Waals surface area (Å²) in [6.07, 6.45) is 0. The Morgan fingerprint density at radius 3 is 1.34 bits per heavy atom. The van der Waals surface area contributed by atoms with E-state index in [9.17, 15) is 0 Å². The second-order valence-corrected chi connectivity index (χ2v) is 16.8. The average Bonchev–Trinajstić information content (AvgIpc) is 3.81. The first-order chi connectivity index (χ1) is 30.2. The van der Waals surface area contributed by atoms with Crippen molar-refractivity contribution in [3.05, 3.63) is 196 Å². The Hall–Kier alpha value is -7.81. The number of hydrogen-bond donors (Lipinski definition) is 0. The third kappa shape index (κ3) is 5.75. The van der Waals surface area contributed by atoms with Gasteiger partial charge in [0.05, 0.1) is 17.9 Å². The zero-order chi connectivity index (χ0) is 42.4. The maximum Gasteiger partial charge on any atom is 0.233 e. The molecule has 11 aromatic rings. The fraction of sp³-hybridized carbons (Fsp3) is 0.105. The second-order valence-electron chi connectivity index (χ2n) is 16.8. The van der Waals surface area contributed by atoms with Crippen molar-refractivity contribution in [2.75, 3.05) is 9.80 Å². The molecule has 0 aliphatic heterocycles. The van der Waals surface area contributed by atoms with E-state index in [1.165, 1.54) is 44.8 Å². The summed E-state index contributed by atoms with van der Waals surface area (Å²) in [7, 11) is 0. The molecule has 0 spiro atoms. The molecule has 0 fully saturated rings. The van der Waals surface area contributed by atoms with Gasteiger partial charge in [-0.25, -0.2) is 4.85 Å². The molecule has 0 radical (unpaired) electrons. The maximum absolute atomic E-state index is 8.23. The molecule has 0 N–H and O–H groups in total. The Morgan fingerprint density at radius 2 is 0.855 bits per heavy atom. The molecule has 0 saturated heterocycles. The zero-order valence-electron chi connectivity index (χ0n) is 35.6. The van der Waals surface area contributed by atoms with E-state index < -0.39 is 0 Å². The van der Waals surface area contributed by atoms with Crippen molar-refractivity contribution in [1.82, 2.24) is 0 Å². The lowest BCUT2D eigenvalue weighted by Gasteiger charge is -2.30. The third-order valence-electron chi connectivity index (χ3n) is 12.7. The topological polar surface area (TPSA) is 37.1 Å². The number of hydrogen-bond acceptors (Lipinski definition) is 4. The van der Waals surface area contributed by atoms with Gasteiger partial charge in [-0.1, -0.05) is 84.9 Å². The molecule has 2 heterocycles. The van der Waals surface area contributed by atoms with Crippen LogP contribution in [0.4, 0.5) is 39.8 Å². The smallest absolute Gasteiger partial charge is 0.233 e. The maximum atomic E-state index is 8.23. The Balaban J connectivity index is 1.09. The highest BCUT2D eigenvalue weighted by Crippen LogP contribution is 2.48. The Kier molecular flexibility index (Phi) is 8.49. The van der Waals surface area contributed by atoms with E-state index in [2.05, 4.69) is 202 Å². The molecule has 9 aromatic carbocycles. The number of aryl methyl sites for hydroxylation is 6. The number of nitrogens with zero attached hydrogens (tertiary/aromatic N) is 3. The van der Waals surface area contributed by atoms with Crippen LogP contribution in [0.1, 0.15) is 33.4 Å². The fourth-order valence-electron chi connectivity index (χ4n) is 9.74. The first-order valence-electron chi connectivity index (χ1n) is 21.1. The summed E-state index contributed by atoms with van der Waals surface area (Å²) < 4.78 is 13.4. The number of furan rings is 2. The van der Waals surface area contributed by atoms with Crippen molar-refractivity contribution < 1.29 is 8.83 Å². The van der Waals surface area contributed by atoms with Crippen LogP contribution in [-0.2, 0) is 0 Å². The summed E-state index contributed by atoms with van der Waals surface area (Å²) in [6, 6.07) is 54.0. The van der Waals surface area contributed by atoms with E-state index in [1.54, 1.807) is 0 Å². The summed E-state index contributed by atoms with van der Waals surface area (Å²) in [5.41, 5.74) is 17.2. The van der Waals surface area contributed by atoms with E-state index in [4.69, 9.17) is 15.4 Å². The van der Waals surface area contributed by atoms with Crippen molar-refractivity contribution in [1.29, 1.82) is 0 Å². The third-order valence-corrected chi connectivity index (χ3v) is 12.7. The molecule has 62 heavy (non-hydrogen) atoms. The van der Waals surface area contributed by atoms with E-state index in [0.29, 0.717) is 16.9 Å². The van der Waals surface area contributed by atoms with Crippen LogP contribution in [0.25, 0.3) is 70.3 Å². The summed E-state index contributed by atoms with van der Waals surface area (Å²) in [6.45, 7) is 21.3. The molecule has 0 saturated carbocycles. The molecular weight excluding hydrogens is 759 g/mol. The Bertz CT molecular complexity index is 3650. The lowest BCUT2D eigenvalue weighted by atomic mass is 9.99. The minimum absolute atomic E-state index is 0.433. The van der Waals surface area contributed by atoms with Gasteiger partial charge in [0.1, 0.15) is 22.3 Å². The average molecular weight is 802 g/mol. The molecule has 5 nitrogen and oxygen atoms in total. The standard InChI is InChI=1S/C57H43N3O2/c1-33-14-8-10-20-48(33)59(55-35(3)16-12-17-36(55)4)43-24-22-39-28-45-50(30-41(39)26-43)61-52-32-47(58-7)57-54(53(45)52)46-29-40-23-25-44(27-42(40)31-51(46)62-57)60(49-21-11-9-15-34(49)2)56-37(5)18-13-19-38(56)6/h8-32H,1-6H3. The summed E-state index contributed by atoms with van der Waals surface area (Å²) in [5, 5.41) is 8.13. The Labute approximate surface area is 360 Å². The number of rotatable bonds is 6. The second kappa shape index (κ2) is 14.1. The zero-order valence-corrected chi connectivity index (χ0v) is 35.6. The molecule has 0 unspecified atom stereocenters. The molecule has 0 bridgehead atoms. The highest BCUT2D eigenvalue weighted by Gasteiger charge is 2.24. The molecule has 5 heteroatoms. The predicted molar refractivity (Wildman–Crippen MR) is 260 cm³/mol. The van der Waals surface area contributed by atoms with Gasteiger partial charge in [0.2, 0.25) is 5.69 Å². The number of anilines is 6. The molecule has 298 valence electrons. The molecule has 0 atom stereocenters. The number of benzene rings is 9. The van der Waals surface area contributed by atoms with Gasteiger partial charge in [0, 0.05) is 44.3 Å². The molecular formula is C57H43N3O2. The number of fused-ring (bicyclic) bond motifs is 9. The van der Waals surface area contributed by atoms with Crippen LogP contribution >= 0.6 is 0 Å². The molecule has 0 amide bonds. The minimum Gasteiger partial charge on any atom is -0.467 e. The molecule has 0 aliphatic rings. The van der Waals surface area contributed by atoms with Gasteiger partial charge in [-0.3, -0.25) is 0 Å². The first-order valence-corrected chi connectivity index (χ1v) is 21.1. The Morgan fingerprint density at radius 1 is 0.403 bits per heavy atom. The van der Waals surface area contributed by atoms with Gasteiger partial charge in [-0.2, -0.15) is 0 Å². The highest BCUT2D eigenvalue weighted by atomic mass is 16.3. The predicted octanol–water partition coefficient (Wildman–Crippen LogP) is 17.1. The summed E-state index contributed by atoms with van der Waals surface area (Å²) in [4.78, 5) is 8.71. The molecule has 0 aliphatic carbocycles. The van der Waals surface area contributed by atoms with Crippen molar-refractivity contribution in [2.24, 2.45) is 0 Å². The van der Waals surface area contributed by atoms with Crippen LogP contribution in [0.3, 0.4) is 0 Å². The largest absolute Gasteiger partial charge is 0.467 e. The number of para-hydroxylation sites is 4. The summed E-state index contributed by atoms with van der Waals surface area (Å²) >= 11 is 0. The molecule has 2 aromatic heterocycles. The van der Waals surface area contributed by atoms with E-state index in [1.807, 2.05) is 6.07 Å².